The lowest BCUT2D eigenvalue weighted by atomic mass is 10.1. The second-order valence-corrected chi connectivity index (χ2v) is 6.82. The number of nitrogens with zero attached hydrogens (tertiary/aromatic N) is 2. The van der Waals surface area contributed by atoms with Crippen molar-refractivity contribution in [2.45, 2.75) is 12.5 Å². The maximum atomic E-state index is 12.4. The number of rotatable bonds is 6. The number of aliphatic hydroxyl groups excluding tert-OH is 1. The summed E-state index contributed by atoms with van der Waals surface area (Å²) < 4.78 is 0. The third-order valence-corrected chi connectivity index (χ3v) is 5.30. The predicted molar refractivity (Wildman–Crippen MR) is 89.3 cm³/mol. The van der Waals surface area contributed by atoms with E-state index in [-0.39, 0.29) is 25.1 Å². The van der Waals surface area contributed by atoms with Crippen molar-refractivity contribution in [1.29, 1.82) is 0 Å². The van der Waals surface area contributed by atoms with Crippen molar-refractivity contribution in [2.24, 2.45) is 5.10 Å². The van der Waals surface area contributed by atoms with Crippen molar-refractivity contribution in [3.63, 3.8) is 0 Å². The van der Waals surface area contributed by atoms with Crippen LogP contribution < -0.4 is 5.32 Å². The molecule has 1 aliphatic rings. The fourth-order valence-electron chi connectivity index (χ4n) is 2.39. The van der Waals surface area contributed by atoms with Crippen LogP contribution in [-0.2, 0) is 4.79 Å². The smallest absolute Gasteiger partial charge is 0.257 e. The number of thiophene rings is 2. The van der Waals surface area contributed by atoms with Crippen molar-refractivity contribution < 1.29 is 9.90 Å². The van der Waals surface area contributed by atoms with E-state index in [2.05, 4.69) is 10.4 Å². The fourth-order valence-corrected chi connectivity index (χ4v) is 3.92. The summed E-state index contributed by atoms with van der Waals surface area (Å²) in [5.41, 5.74) is 0.962. The summed E-state index contributed by atoms with van der Waals surface area (Å²) in [5, 5.41) is 21.9. The number of aliphatic hydroxyl groups is 1. The molecule has 22 heavy (non-hydrogen) atoms. The van der Waals surface area contributed by atoms with E-state index in [1.807, 2.05) is 35.0 Å². The van der Waals surface area contributed by atoms with Gasteiger partial charge < -0.3 is 10.4 Å². The molecule has 116 valence electrons. The number of hydrogen-bond donors (Lipinski definition) is 2. The van der Waals surface area contributed by atoms with Crippen LogP contribution in [0.4, 0.5) is 0 Å². The average molecular weight is 335 g/mol. The highest BCUT2D eigenvalue weighted by Gasteiger charge is 2.33. The first-order valence-electron chi connectivity index (χ1n) is 7.08. The summed E-state index contributed by atoms with van der Waals surface area (Å²) in [5.74, 6) is -0.0709. The van der Waals surface area contributed by atoms with Crippen LogP contribution in [0.15, 0.2) is 40.1 Å². The van der Waals surface area contributed by atoms with E-state index in [0.717, 1.165) is 21.9 Å². The summed E-state index contributed by atoms with van der Waals surface area (Å²) in [4.78, 5) is 14.7. The molecule has 0 aromatic carbocycles. The standard InChI is InChI=1S/C15H17N3O2S2/c19-6-5-16-10-15(20)18-12(14-4-2-8-22-14)9-11(17-18)13-3-1-7-21-13/h1-4,7-8,12,16,19H,5-6,9-10H2. The predicted octanol–water partition coefficient (Wildman–Crippen LogP) is 2.07. The van der Waals surface area contributed by atoms with Gasteiger partial charge in [0, 0.05) is 17.8 Å². The molecule has 0 spiro atoms. The Hall–Kier alpha value is -1.54. The Kier molecular flexibility index (Phi) is 4.99. The maximum Gasteiger partial charge on any atom is 0.257 e. The van der Waals surface area contributed by atoms with Gasteiger partial charge in [-0.15, -0.1) is 22.7 Å². The van der Waals surface area contributed by atoms with Crippen molar-refractivity contribution in [2.75, 3.05) is 19.7 Å². The van der Waals surface area contributed by atoms with Gasteiger partial charge in [0.2, 0.25) is 0 Å². The lowest BCUT2D eigenvalue weighted by Gasteiger charge is -2.20. The molecule has 1 atom stereocenters. The lowest BCUT2D eigenvalue weighted by molar-refractivity contribution is -0.131. The molecule has 1 aliphatic heterocycles. The van der Waals surface area contributed by atoms with E-state index in [0.29, 0.717) is 6.54 Å². The molecule has 1 amide bonds. The molecule has 0 fully saturated rings. The van der Waals surface area contributed by atoms with Crippen LogP contribution in [0, 0.1) is 0 Å². The Bertz CT molecular complexity index is 638. The van der Waals surface area contributed by atoms with Crippen LogP contribution in [0.1, 0.15) is 22.2 Å². The Labute approximate surface area is 136 Å². The second kappa shape index (κ2) is 7.15. The van der Waals surface area contributed by atoms with Crippen molar-refractivity contribution in [3.05, 3.63) is 44.8 Å². The van der Waals surface area contributed by atoms with Gasteiger partial charge in [0.15, 0.2) is 0 Å². The van der Waals surface area contributed by atoms with Gasteiger partial charge in [0.05, 0.1) is 29.8 Å². The number of hydrogen-bond acceptors (Lipinski definition) is 6. The largest absolute Gasteiger partial charge is 0.395 e. The van der Waals surface area contributed by atoms with Gasteiger partial charge in [0.1, 0.15) is 0 Å². The number of amides is 1. The highest BCUT2D eigenvalue weighted by atomic mass is 32.1. The van der Waals surface area contributed by atoms with Crippen LogP contribution >= 0.6 is 22.7 Å². The van der Waals surface area contributed by atoms with E-state index in [4.69, 9.17) is 5.11 Å². The van der Waals surface area contributed by atoms with Crippen molar-refractivity contribution >= 4 is 34.3 Å². The van der Waals surface area contributed by atoms with Gasteiger partial charge in [-0.05, 0) is 22.9 Å². The summed E-state index contributed by atoms with van der Waals surface area (Å²) in [6.45, 7) is 0.611. The molecular weight excluding hydrogens is 318 g/mol. The van der Waals surface area contributed by atoms with Gasteiger partial charge in [-0.3, -0.25) is 4.79 Å². The summed E-state index contributed by atoms with van der Waals surface area (Å²) in [7, 11) is 0. The summed E-state index contributed by atoms with van der Waals surface area (Å²) >= 11 is 3.29. The van der Waals surface area contributed by atoms with E-state index < -0.39 is 0 Å². The molecule has 1 unspecified atom stereocenters. The van der Waals surface area contributed by atoms with Gasteiger partial charge in [-0.2, -0.15) is 5.10 Å². The Morgan fingerprint density at radius 2 is 2.18 bits per heavy atom. The monoisotopic (exact) mass is 335 g/mol. The van der Waals surface area contributed by atoms with Gasteiger partial charge in [-0.25, -0.2) is 5.01 Å². The highest BCUT2D eigenvalue weighted by molar-refractivity contribution is 7.12. The van der Waals surface area contributed by atoms with Crippen LogP contribution in [0.25, 0.3) is 0 Å². The minimum Gasteiger partial charge on any atom is -0.395 e. The molecule has 0 saturated heterocycles. The van der Waals surface area contributed by atoms with Gasteiger partial charge >= 0.3 is 0 Å². The number of carbonyl (C=O) groups is 1. The first-order chi connectivity index (χ1) is 10.8. The summed E-state index contributed by atoms with van der Waals surface area (Å²) in [6, 6.07) is 8.04. The SMILES string of the molecule is O=C(CNCCO)N1N=C(c2cccs2)CC1c1cccs1. The van der Waals surface area contributed by atoms with Crippen molar-refractivity contribution in [3.8, 4) is 0 Å². The van der Waals surface area contributed by atoms with Gasteiger partial charge in [0.25, 0.3) is 5.91 Å². The van der Waals surface area contributed by atoms with E-state index in [1.165, 1.54) is 0 Å². The van der Waals surface area contributed by atoms with E-state index in [9.17, 15) is 4.79 Å². The molecule has 7 heteroatoms. The lowest BCUT2D eigenvalue weighted by Crippen LogP contribution is -2.36. The first-order valence-corrected chi connectivity index (χ1v) is 8.84. The highest BCUT2D eigenvalue weighted by Crippen LogP contribution is 2.35. The third-order valence-electron chi connectivity index (χ3n) is 3.41. The zero-order valence-electron chi connectivity index (χ0n) is 11.9. The zero-order chi connectivity index (χ0) is 15.4. The number of hydrazone groups is 1. The molecule has 0 bridgehead atoms. The maximum absolute atomic E-state index is 12.4. The molecule has 0 radical (unpaired) electrons. The first kappa shape index (κ1) is 15.4. The Balaban J connectivity index is 1.79. The second-order valence-electron chi connectivity index (χ2n) is 4.90. The third kappa shape index (κ3) is 3.27. The molecule has 0 aliphatic carbocycles. The van der Waals surface area contributed by atoms with E-state index in [1.54, 1.807) is 27.7 Å². The van der Waals surface area contributed by atoms with Crippen LogP contribution in [0.3, 0.4) is 0 Å². The molecule has 2 aromatic heterocycles. The zero-order valence-corrected chi connectivity index (χ0v) is 13.6. The fraction of sp³-hybridized carbons (Fsp3) is 0.333. The van der Waals surface area contributed by atoms with Crippen LogP contribution in [0.5, 0.6) is 0 Å². The number of carbonyl (C=O) groups excluding carboxylic acids is 1. The van der Waals surface area contributed by atoms with Crippen LogP contribution in [-0.4, -0.2) is 41.4 Å². The number of nitrogens with one attached hydrogen (secondary N) is 1. The Morgan fingerprint density at radius 3 is 2.86 bits per heavy atom. The molecule has 2 N–H and O–H groups in total. The van der Waals surface area contributed by atoms with Gasteiger partial charge in [-0.1, -0.05) is 12.1 Å². The molecule has 3 rings (SSSR count). The molecular formula is C15H17N3O2S2. The van der Waals surface area contributed by atoms with Crippen molar-refractivity contribution in [1.82, 2.24) is 10.3 Å². The quantitative estimate of drug-likeness (QED) is 0.794. The minimum atomic E-state index is -0.0709. The normalized spacial score (nSPS) is 17.8. The molecule has 0 saturated carbocycles. The molecule has 5 nitrogen and oxygen atoms in total. The molecule has 2 aromatic rings. The average Bonchev–Trinajstić information content (AvgIpc) is 3.26. The minimum absolute atomic E-state index is 0.0192. The molecule has 3 heterocycles. The summed E-state index contributed by atoms with van der Waals surface area (Å²) in [6.07, 6.45) is 0.743. The van der Waals surface area contributed by atoms with Crippen LogP contribution in [0.2, 0.25) is 0 Å². The topological polar surface area (TPSA) is 64.9 Å². The Morgan fingerprint density at radius 1 is 1.36 bits per heavy atom. The van der Waals surface area contributed by atoms with E-state index >= 15 is 0 Å².